The summed E-state index contributed by atoms with van der Waals surface area (Å²) in [6.45, 7) is 10.3. The van der Waals surface area contributed by atoms with Crippen molar-refractivity contribution >= 4 is 17.5 Å². The molecule has 1 N–H and O–H groups in total. The van der Waals surface area contributed by atoms with Gasteiger partial charge in [-0.15, -0.1) is 0 Å². The van der Waals surface area contributed by atoms with Crippen LogP contribution in [0.25, 0.3) is 0 Å². The topological polar surface area (TPSA) is 52.7 Å². The zero-order valence-electron chi connectivity index (χ0n) is 17.6. The van der Waals surface area contributed by atoms with E-state index in [0.717, 1.165) is 44.6 Å². The second-order valence-corrected chi connectivity index (χ2v) is 8.40. The van der Waals surface area contributed by atoms with Gasteiger partial charge in [-0.25, -0.2) is 0 Å². The Hall–Kier alpha value is -1.88. The summed E-state index contributed by atoms with van der Waals surface area (Å²) in [6, 6.07) is 8.38. The van der Waals surface area contributed by atoms with E-state index in [9.17, 15) is 9.59 Å². The molecule has 0 radical (unpaired) electrons. The highest BCUT2D eigenvalue weighted by Crippen LogP contribution is 2.33. The minimum atomic E-state index is -0.244. The highest BCUT2D eigenvalue weighted by molar-refractivity contribution is 6.01. The number of hydrogen-bond acceptors (Lipinski definition) is 3. The highest BCUT2D eigenvalue weighted by atomic mass is 16.2. The van der Waals surface area contributed by atoms with Crippen LogP contribution in [0.2, 0.25) is 0 Å². The van der Waals surface area contributed by atoms with Crippen LogP contribution in [0.1, 0.15) is 64.4 Å². The van der Waals surface area contributed by atoms with Gasteiger partial charge in [0.15, 0.2) is 0 Å². The van der Waals surface area contributed by atoms with Crippen molar-refractivity contribution in [3.63, 3.8) is 0 Å². The minimum Gasteiger partial charge on any atom is -0.353 e. The normalized spacial score (nSPS) is 22.5. The Morgan fingerprint density at radius 3 is 2.61 bits per heavy atom. The molecule has 2 fully saturated rings. The first kappa shape index (κ1) is 20.8. The van der Waals surface area contributed by atoms with Gasteiger partial charge in [0.25, 0.3) is 0 Å². The number of amides is 2. The maximum Gasteiger partial charge on any atom is 0.227 e. The molecular weight excluding hydrogens is 350 g/mol. The van der Waals surface area contributed by atoms with Gasteiger partial charge in [-0.2, -0.15) is 0 Å². The first-order chi connectivity index (χ1) is 13.5. The Kier molecular flexibility index (Phi) is 7.11. The molecule has 0 saturated carbocycles. The van der Waals surface area contributed by atoms with Crippen molar-refractivity contribution in [3.05, 3.63) is 29.8 Å². The van der Waals surface area contributed by atoms with Crippen molar-refractivity contribution in [2.45, 2.75) is 64.8 Å². The molecule has 1 aromatic carbocycles. The molecule has 5 nitrogen and oxygen atoms in total. The molecule has 154 valence electrons. The predicted molar refractivity (Wildman–Crippen MR) is 114 cm³/mol. The highest BCUT2D eigenvalue weighted by Gasteiger charge is 2.37. The van der Waals surface area contributed by atoms with E-state index in [1.54, 1.807) is 0 Å². The average molecular weight is 386 g/mol. The molecule has 0 spiro atoms. The van der Waals surface area contributed by atoms with Crippen LogP contribution in [0.5, 0.6) is 0 Å². The average Bonchev–Trinajstić information content (AvgIpc) is 3.11. The lowest BCUT2D eigenvalue weighted by molar-refractivity contribution is -0.127. The summed E-state index contributed by atoms with van der Waals surface area (Å²) >= 11 is 0. The van der Waals surface area contributed by atoms with Crippen LogP contribution in [0.3, 0.4) is 0 Å². The first-order valence-corrected chi connectivity index (χ1v) is 11.0. The number of rotatable bonds is 7. The Bertz CT molecular complexity index is 682. The quantitative estimate of drug-likeness (QED) is 0.781. The summed E-state index contributed by atoms with van der Waals surface area (Å²) in [5, 5.41) is 3.22. The van der Waals surface area contributed by atoms with E-state index in [1.807, 2.05) is 23.1 Å². The van der Waals surface area contributed by atoms with Gasteiger partial charge < -0.3 is 15.1 Å². The number of nitrogens with zero attached hydrogens (tertiary/aromatic N) is 2. The first-order valence-electron chi connectivity index (χ1n) is 11.0. The fraction of sp³-hybridized carbons (Fsp3) is 0.652. The van der Waals surface area contributed by atoms with Gasteiger partial charge in [-0.1, -0.05) is 39.0 Å². The van der Waals surface area contributed by atoms with Crippen LogP contribution in [0, 0.1) is 5.92 Å². The fourth-order valence-electron chi connectivity index (χ4n) is 4.42. The molecule has 28 heavy (non-hydrogen) atoms. The van der Waals surface area contributed by atoms with E-state index >= 15 is 0 Å². The second kappa shape index (κ2) is 9.55. The predicted octanol–water partition coefficient (Wildman–Crippen LogP) is 3.54. The van der Waals surface area contributed by atoms with E-state index in [1.165, 1.54) is 12.0 Å². The van der Waals surface area contributed by atoms with Gasteiger partial charge in [0, 0.05) is 37.8 Å². The maximum absolute atomic E-state index is 12.8. The molecule has 0 aliphatic carbocycles. The Labute approximate surface area is 169 Å². The standard InChI is InChI=1S/C23H35N3O2/c1-4-12-25-13-10-19(11-14-25)24-23(28)18-15-22(27)26(16-18)21-9-7-6-8-20(21)17(3)5-2/h6-9,17-19H,4-5,10-16H2,1-3H3,(H,24,28). The van der Waals surface area contributed by atoms with Crippen LogP contribution >= 0.6 is 0 Å². The Morgan fingerprint density at radius 1 is 1.21 bits per heavy atom. The molecule has 3 rings (SSSR count). The number of carbonyl (C=O) groups is 2. The number of piperidine rings is 1. The molecule has 2 heterocycles. The molecule has 2 atom stereocenters. The molecule has 2 saturated heterocycles. The van der Waals surface area contributed by atoms with Crippen molar-refractivity contribution in [1.82, 2.24) is 10.2 Å². The monoisotopic (exact) mass is 385 g/mol. The van der Waals surface area contributed by atoms with Crippen LogP contribution in [-0.2, 0) is 9.59 Å². The summed E-state index contributed by atoms with van der Waals surface area (Å²) < 4.78 is 0. The molecule has 2 amide bonds. The van der Waals surface area contributed by atoms with Gasteiger partial charge in [0.2, 0.25) is 11.8 Å². The number of anilines is 1. The number of carbonyl (C=O) groups excluding carboxylic acids is 2. The molecule has 5 heteroatoms. The number of nitrogens with one attached hydrogen (secondary N) is 1. The number of hydrogen-bond donors (Lipinski definition) is 1. The summed E-state index contributed by atoms with van der Waals surface area (Å²) in [6.07, 6.45) is 4.53. The molecule has 0 bridgehead atoms. The molecule has 2 unspecified atom stereocenters. The van der Waals surface area contributed by atoms with Crippen molar-refractivity contribution in [3.8, 4) is 0 Å². The lowest BCUT2D eigenvalue weighted by atomic mass is 9.96. The van der Waals surface area contributed by atoms with Crippen molar-refractivity contribution in [1.29, 1.82) is 0 Å². The number of para-hydroxylation sites is 1. The lowest BCUT2D eigenvalue weighted by Gasteiger charge is -2.32. The molecular formula is C23H35N3O2. The fourth-order valence-corrected chi connectivity index (χ4v) is 4.42. The molecule has 1 aromatic rings. The Morgan fingerprint density at radius 2 is 1.93 bits per heavy atom. The maximum atomic E-state index is 12.8. The van der Waals surface area contributed by atoms with E-state index in [2.05, 4.69) is 37.1 Å². The SMILES string of the molecule is CCCN1CCC(NC(=O)C2CC(=O)N(c3ccccc3C(C)CC)C2)CC1. The van der Waals surface area contributed by atoms with Crippen molar-refractivity contribution in [2.75, 3.05) is 31.1 Å². The summed E-state index contributed by atoms with van der Waals surface area (Å²) in [4.78, 5) is 29.8. The zero-order valence-corrected chi connectivity index (χ0v) is 17.6. The third-order valence-corrected chi connectivity index (χ3v) is 6.34. The number of likely N-dealkylation sites (tertiary alicyclic amines) is 1. The minimum absolute atomic E-state index is 0.0470. The van der Waals surface area contributed by atoms with Crippen LogP contribution < -0.4 is 10.2 Å². The van der Waals surface area contributed by atoms with E-state index < -0.39 is 0 Å². The number of benzene rings is 1. The van der Waals surface area contributed by atoms with Gasteiger partial charge >= 0.3 is 0 Å². The van der Waals surface area contributed by atoms with Crippen LogP contribution in [0.15, 0.2) is 24.3 Å². The van der Waals surface area contributed by atoms with Gasteiger partial charge in [-0.05, 0) is 49.8 Å². The smallest absolute Gasteiger partial charge is 0.227 e. The molecule has 0 aromatic heterocycles. The summed E-state index contributed by atoms with van der Waals surface area (Å²) in [5.74, 6) is 0.260. The van der Waals surface area contributed by atoms with Crippen molar-refractivity contribution in [2.24, 2.45) is 5.92 Å². The molecule has 2 aliphatic heterocycles. The van der Waals surface area contributed by atoms with Gasteiger partial charge in [-0.3, -0.25) is 9.59 Å². The van der Waals surface area contributed by atoms with E-state index in [0.29, 0.717) is 18.9 Å². The Balaban J connectivity index is 1.60. The zero-order chi connectivity index (χ0) is 20.1. The van der Waals surface area contributed by atoms with Gasteiger partial charge in [0.1, 0.15) is 0 Å². The van der Waals surface area contributed by atoms with Crippen molar-refractivity contribution < 1.29 is 9.59 Å². The van der Waals surface area contributed by atoms with E-state index in [4.69, 9.17) is 0 Å². The van der Waals surface area contributed by atoms with E-state index in [-0.39, 0.29) is 23.8 Å². The second-order valence-electron chi connectivity index (χ2n) is 8.40. The van der Waals surface area contributed by atoms with Gasteiger partial charge in [0.05, 0.1) is 5.92 Å². The third kappa shape index (κ3) is 4.75. The summed E-state index contributed by atoms with van der Waals surface area (Å²) in [5.41, 5.74) is 2.17. The third-order valence-electron chi connectivity index (χ3n) is 6.34. The molecule has 2 aliphatic rings. The van der Waals surface area contributed by atoms with Crippen LogP contribution in [-0.4, -0.2) is 48.9 Å². The lowest BCUT2D eigenvalue weighted by Crippen LogP contribution is -2.46. The largest absolute Gasteiger partial charge is 0.353 e. The summed E-state index contributed by atoms with van der Waals surface area (Å²) in [7, 11) is 0. The van der Waals surface area contributed by atoms with Crippen LogP contribution in [0.4, 0.5) is 5.69 Å².